The first kappa shape index (κ1) is 12.5. The lowest BCUT2D eigenvalue weighted by Gasteiger charge is -2.19. The number of hydrogen-bond donors (Lipinski definition) is 1. The van der Waals surface area contributed by atoms with Crippen LogP contribution in [0.3, 0.4) is 0 Å². The van der Waals surface area contributed by atoms with E-state index in [1.807, 2.05) is 11.8 Å². The average molecular weight is 300 g/mol. The summed E-state index contributed by atoms with van der Waals surface area (Å²) >= 11 is 5.52. The molecule has 1 unspecified atom stereocenters. The van der Waals surface area contributed by atoms with E-state index >= 15 is 0 Å². The standard InChI is InChI=1S/C13H18BrNS/c1-10(11-4-3-5-12(14)8-11)15-9-13(16-2)6-7-13/h3-5,8,10,15H,6-7,9H2,1-2H3. The van der Waals surface area contributed by atoms with Gasteiger partial charge in [0.05, 0.1) is 0 Å². The summed E-state index contributed by atoms with van der Waals surface area (Å²) in [4.78, 5) is 0. The Labute approximate surface area is 111 Å². The van der Waals surface area contributed by atoms with Gasteiger partial charge < -0.3 is 5.32 Å². The lowest BCUT2D eigenvalue weighted by Crippen LogP contribution is -2.28. The van der Waals surface area contributed by atoms with Crippen molar-refractivity contribution < 1.29 is 0 Å². The summed E-state index contributed by atoms with van der Waals surface area (Å²) in [6, 6.07) is 8.97. The van der Waals surface area contributed by atoms with E-state index in [0.29, 0.717) is 10.8 Å². The van der Waals surface area contributed by atoms with Crippen molar-refractivity contribution in [2.24, 2.45) is 0 Å². The molecule has 1 aliphatic rings. The van der Waals surface area contributed by atoms with Crippen LogP contribution in [-0.4, -0.2) is 17.5 Å². The van der Waals surface area contributed by atoms with E-state index in [0.717, 1.165) is 11.0 Å². The SMILES string of the molecule is CSC1(CNC(C)c2cccc(Br)c2)CC1. The van der Waals surface area contributed by atoms with Gasteiger partial charge in [0, 0.05) is 21.8 Å². The van der Waals surface area contributed by atoms with Crippen molar-refractivity contribution in [1.82, 2.24) is 5.32 Å². The van der Waals surface area contributed by atoms with E-state index < -0.39 is 0 Å². The number of halogens is 1. The molecule has 0 amide bonds. The Kier molecular flexibility index (Phi) is 3.98. The molecule has 3 heteroatoms. The van der Waals surface area contributed by atoms with Gasteiger partial charge in [-0.2, -0.15) is 11.8 Å². The quantitative estimate of drug-likeness (QED) is 0.882. The maximum absolute atomic E-state index is 3.64. The molecule has 1 aromatic carbocycles. The van der Waals surface area contributed by atoms with Crippen LogP contribution in [0.15, 0.2) is 28.7 Å². The summed E-state index contributed by atoms with van der Waals surface area (Å²) < 4.78 is 1.70. The van der Waals surface area contributed by atoms with Gasteiger partial charge in [0.15, 0.2) is 0 Å². The summed E-state index contributed by atoms with van der Waals surface area (Å²) in [7, 11) is 0. The fourth-order valence-corrected chi connectivity index (χ4v) is 2.98. The molecule has 0 saturated heterocycles. The Balaban J connectivity index is 1.90. The lowest BCUT2D eigenvalue weighted by molar-refractivity contribution is 0.563. The molecule has 88 valence electrons. The summed E-state index contributed by atoms with van der Waals surface area (Å²) in [6.07, 6.45) is 4.96. The van der Waals surface area contributed by atoms with Crippen LogP contribution in [-0.2, 0) is 0 Å². The number of thioether (sulfide) groups is 1. The molecule has 1 N–H and O–H groups in total. The summed E-state index contributed by atoms with van der Waals surface area (Å²) in [6.45, 7) is 3.36. The maximum atomic E-state index is 3.64. The minimum Gasteiger partial charge on any atom is -0.309 e. The third kappa shape index (κ3) is 3.02. The second-order valence-corrected chi connectivity index (χ2v) is 6.73. The third-order valence-electron chi connectivity index (χ3n) is 3.32. The Bertz CT molecular complexity index is 363. The zero-order valence-electron chi connectivity index (χ0n) is 9.79. The van der Waals surface area contributed by atoms with Crippen LogP contribution in [0.5, 0.6) is 0 Å². The highest BCUT2D eigenvalue weighted by atomic mass is 79.9. The fourth-order valence-electron chi connectivity index (χ4n) is 1.83. The summed E-state index contributed by atoms with van der Waals surface area (Å²) in [5, 5.41) is 3.64. The van der Waals surface area contributed by atoms with Crippen molar-refractivity contribution in [3.05, 3.63) is 34.3 Å². The van der Waals surface area contributed by atoms with Crippen LogP contribution in [0.1, 0.15) is 31.4 Å². The van der Waals surface area contributed by atoms with Crippen LogP contribution in [0.25, 0.3) is 0 Å². The number of rotatable bonds is 5. The normalized spacial score (nSPS) is 19.4. The predicted octanol–water partition coefficient (Wildman–Crippen LogP) is 4.00. The molecule has 0 aliphatic heterocycles. The molecular formula is C13H18BrNS. The smallest absolute Gasteiger partial charge is 0.0292 e. The van der Waals surface area contributed by atoms with Gasteiger partial charge in [-0.15, -0.1) is 0 Å². The third-order valence-corrected chi connectivity index (χ3v) is 5.23. The molecule has 0 radical (unpaired) electrons. The van der Waals surface area contributed by atoms with Gasteiger partial charge in [0.2, 0.25) is 0 Å². The van der Waals surface area contributed by atoms with Crippen LogP contribution >= 0.6 is 27.7 Å². The molecule has 0 heterocycles. The van der Waals surface area contributed by atoms with Crippen molar-refractivity contribution in [3.8, 4) is 0 Å². The summed E-state index contributed by atoms with van der Waals surface area (Å²) in [5.41, 5.74) is 1.35. The minimum atomic E-state index is 0.433. The second kappa shape index (κ2) is 5.11. The Morgan fingerprint density at radius 2 is 2.25 bits per heavy atom. The van der Waals surface area contributed by atoms with E-state index in [-0.39, 0.29) is 0 Å². The maximum Gasteiger partial charge on any atom is 0.0292 e. The van der Waals surface area contributed by atoms with E-state index in [1.54, 1.807) is 0 Å². The van der Waals surface area contributed by atoms with Gasteiger partial charge in [0.25, 0.3) is 0 Å². The monoisotopic (exact) mass is 299 g/mol. The molecule has 1 aromatic rings. The van der Waals surface area contributed by atoms with Crippen LogP contribution in [0, 0.1) is 0 Å². The van der Waals surface area contributed by atoms with E-state index in [9.17, 15) is 0 Å². The Morgan fingerprint density at radius 1 is 1.50 bits per heavy atom. The van der Waals surface area contributed by atoms with E-state index in [2.05, 4.69) is 58.7 Å². The largest absolute Gasteiger partial charge is 0.309 e. The van der Waals surface area contributed by atoms with Gasteiger partial charge in [-0.1, -0.05) is 28.1 Å². The van der Waals surface area contributed by atoms with Gasteiger partial charge in [-0.25, -0.2) is 0 Å². The van der Waals surface area contributed by atoms with Crippen LogP contribution in [0.2, 0.25) is 0 Å². The molecule has 1 saturated carbocycles. The fraction of sp³-hybridized carbons (Fsp3) is 0.538. The molecular weight excluding hydrogens is 282 g/mol. The van der Waals surface area contributed by atoms with Gasteiger partial charge >= 0.3 is 0 Å². The van der Waals surface area contributed by atoms with E-state index in [1.165, 1.54) is 18.4 Å². The Hall–Kier alpha value is 0.01000. The first-order chi connectivity index (χ1) is 7.65. The highest BCUT2D eigenvalue weighted by Crippen LogP contribution is 2.46. The van der Waals surface area contributed by atoms with Crippen molar-refractivity contribution >= 4 is 27.7 Å². The van der Waals surface area contributed by atoms with Crippen LogP contribution in [0.4, 0.5) is 0 Å². The zero-order valence-corrected chi connectivity index (χ0v) is 12.2. The van der Waals surface area contributed by atoms with E-state index in [4.69, 9.17) is 0 Å². The molecule has 0 bridgehead atoms. The molecule has 1 aliphatic carbocycles. The lowest BCUT2D eigenvalue weighted by atomic mass is 10.1. The number of nitrogens with one attached hydrogen (secondary N) is 1. The van der Waals surface area contributed by atoms with Crippen molar-refractivity contribution in [2.75, 3.05) is 12.8 Å². The molecule has 16 heavy (non-hydrogen) atoms. The van der Waals surface area contributed by atoms with Gasteiger partial charge in [-0.3, -0.25) is 0 Å². The van der Waals surface area contributed by atoms with Crippen molar-refractivity contribution in [1.29, 1.82) is 0 Å². The van der Waals surface area contributed by atoms with Crippen LogP contribution < -0.4 is 5.32 Å². The topological polar surface area (TPSA) is 12.0 Å². The highest BCUT2D eigenvalue weighted by Gasteiger charge is 2.41. The van der Waals surface area contributed by atoms with Crippen molar-refractivity contribution in [2.45, 2.75) is 30.6 Å². The highest BCUT2D eigenvalue weighted by molar-refractivity contribution is 9.10. The Morgan fingerprint density at radius 3 is 2.81 bits per heavy atom. The molecule has 1 nitrogen and oxygen atoms in total. The number of benzene rings is 1. The molecule has 2 rings (SSSR count). The molecule has 1 fully saturated rings. The summed E-state index contributed by atoms with van der Waals surface area (Å²) in [5.74, 6) is 0. The first-order valence-electron chi connectivity index (χ1n) is 5.69. The molecule has 0 spiro atoms. The van der Waals surface area contributed by atoms with Gasteiger partial charge in [-0.05, 0) is 43.7 Å². The predicted molar refractivity (Wildman–Crippen MR) is 76.0 cm³/mol. The van der Waals surface area contributed by atoms with Crippen molar-refractivity contribution in [3.63, 3.8) is 0 Å². The van der Waals surface area contributed by atoms with Gasteiger partial charge in [0.1, 0.15) is 0 Å². The zero-order chi connectivity index (χ0) is 11.6. The molecule has 0 aromatic heterocycles. The molecule has 1 atom stereocenters. The second-order valence-electron chi connectivity index (χ2n) is 4.54. The number of hydrogen-bond acceptors (Lipinski definition) is 2. The minimum absolute atomic E-state index is 0.433. The average Bonchev–Trinajstić information content (AvgIpc) is 3.07. The first-order valence-corrected chi connectivity index (χ1v) is 7.71.